The van der Waals surface area contributed by atoms with E-state index in [2.05, 4.69) is 5.32 Å². The highest BCUT2D eigenvalue weighted by atomic mass is 16.6. The fraction of sp³-hybridized carbons (Fsp3) is 0.857. The zero-order chi connectivity index (χ0) is 13.7. The highest BCUT2D eigenvalue weighted by Crippen LogP contribution is 2.30. The first-order valence-electron chi connectivity index (χ1n) is 7.36. The van der Waals surface area contributed by atoms with E-state index in [1.807, 2.05) is 0 Å². The SMILES string of the molecule is CCOC(=O)C1NC(=O)OC1C1CCCCCCC1. The lowest BCUT2D eigenvalue weighted by Crippen LogP contribution is -2.44. The van der Waals surface area contributed by atoms with Gasteiger partial charge < -0.3 is 14.8 Å². The molecule has 0 spiro atoms. The van der Waals surface area contributed by atoms with Crippen molar-refractivity contribution in [1.29, 1.82) is 0 Å². The van der Waals surface area contributed by atoms with Gasteiger partial charge in [0.2, 0.25) is 0 Å². The molecule has 0 aromatic heterocycles. The summed E-state index contributed by atoms with van der Waals surface area (Å²) in [5.41, 5.74) is 0. The van der Waals surface area contributed by atoms with Crippen LogP contribution in [0.1, 0.15) is 51.9 Å². The number of rotatable bonds is 3. The van der Waals surface area contributed by atoms with Crippen LogP contribution in [0.15, 0.2) is 0 Å². The van der Waals surface area contributed by atoms with Crippen LogP contribution in [0.2, 0.25) is 0 Å². The van der Waals surface area contributed by atoms with Gasteiger partial charge in [-0.1, -0.05) is 32.1 Å². The minimum atomic E-state index is -0.628. The highest BCUT2D eigenvalue weighted by Gasteiger charge is 2.44. The van der Waals surface area contributed by atoms with E-state index in [0.29, 0.717) is 6.61 Å². The summed E-state index contributed by atoms with van der Waals surface area (Å²) >= 11 is 0. The van der Waals surface area contributed by atoms with Gasteiger partial charge >= 0.3 is 12.1 Å². The standard InChI is InChI=1S/C14H23NO4/c1-2-18-13(16)11-12(19-14(17)15-11)10-8-6-4-3-5-7-9-10/h10-12H,2-9H2,1H3,(H,15,17). The molecular formula is C14H23NO4. The number of esters is 1. The van der Waals surface area contributed by atoms with Crippen LogP contribution in [0.3, 0.4) is 0 Å². The Kier molecular flexibility index (Phi) is 5.05. The molecule has 0 aromatic rings. The van der Waals surface area contributed by atoms with Crippen molar-refractivity contribution in [2.45, 2.75) is 64.0 Å². The molecule has 1 amide bonds. The van der Waals surface area contributed by atoms with Gasteiger partial charge in [0.1, 0.15) is 6.10 Å². The Bertz CT molecular complexity index is 323. The lowest BCUT2D eigenvalue weighted by molar-refractivity contribution is -0.147. The zero-order valence-corrected chi connectivity index (χ0v) is 11.5. The number of nitrogens with one attached hydrogen (secondary N) is 1. The van der Waals surface area contributed by atoms with Crippen LogP contribution in [0, 0.1) is 5.92 Å². The third-order valence-corrected chi connectivity index (χ3v) is 4.00. The number of alkyl carbamates (subject to hydrolysis) is 1. The molecule has 0 bridgehead atoms. The third-order valence-electron chi connectivity index (χ3n) is 4.00. The Morgan fingerprint density at radius 3 is 2.53 bits per heavy atom. The average molecular weight is 269 g/mol. The summed E-state index contributed by atoms with van der Waals surface area (Å²) in [5, 5.41) is 2.59. The molecule has 19 heavy (non-hydrogen) atoms. The minimum absolute atomic E-state index is 0.272. The maximum Gasteiger partial charge on any atom is 0.408 e. The Hall–Kier alpha value is -1.26. The lowest BCUT2D eigenvalue weighted by atomic mass is 9.84. The largest absolute Gasteiger partial charge is 0.464 e. The molecule has 2 atom stereocenters. The van der Waals surface area contributed by atoms with E-state index in [4.69, 9.17) is 9.47 Å². The van der Waals surface area contributed by atoms with Crippen molar-refractivity contribution >= 4 is 12.1 Å². The van der Waals surface area contributed by atoms with E-state index in [1.165, 1.54) is 19.3 Å². The molecule has 0 radical (unpaired) electrons. The van der Waals surface area contributed by atoms with Crippen LogP contribution in [0.4, 0.5) is 4.79 Å². The van der Waals surface area contributed by atoms with Crippen molar-refractivity contribution in [3.63, 3.8) is 0 Å². The topological polar surface area (TPSA) is 64.6 Å². The first kappa shape index (κ1) is 14.2. The fourth-order valence-corrected chi connectivity index (χ4v) is 3.04. The normalized spacial score (nSPS) is 29.0. The number of hydrogen-bond acceptors (Lipinski definition) is 4. The first-order chi connectivity index (χ1) is 9.22. The molecule has 2 rings (SSSR count). The van der Waals surface area contributed by atoms with Crippen LogP contribution >= 0.6 is 0 Å². The lowest BCUT2D eigenvalue weighted by Gasteiger charge is -2.26. The van der Waals surface area contributed by atoms with Gasteiger partial charge in [0.25, 0.3) is 0 Å². The maximum absolute atomic E-state index is 11.9. The van der Waals surface area contributed by atoms with Gasteiger partial charge in [-0.3, -0.25) is 0 Å². The van der Waals surface area contributed by atoms with Gasteiger partial charge in [-0.2, -0.15) is 0 Å². The number of hydrogen-bond donors (Lipinski definition) is 1. The molecule has 1 aliphatic heterocycles. The molecule has 2 unspecified atom stereocenters. The third kappa shape index (κ3) is 3.61. The smallest absolute Gasteiger partial charge is 0.408 e. The van der Waals surface area contributed by atoms with E-state index in [9.17, 15) is 9.59 Å². The number of amides is 1. The summed E-state index contributed by atoms with van der Waals surface area (Å²) in [6.45, 7) is 2.09. The molecule has 5 nitrogen and oxygen atoms in total. The van der Waals surface area contributed by atoms with Gasteiger partial charge in [-0.05, 0) is 25.7 Å². The van der Waals surface area contributed by atoms with Gasteiger partial charge in [-0.15, -0.1) is 0 Å². The Balaban J connectivity index is 2.01. The Morgan fingerprint density at radius 2 is 1.89 bits per heavy atom. The van der Waals surface area contributed by atoms with Crippen LogP contribution in [0.25, 0.3) is 0 Å². The maximum atomic E-state index is 11.9. The predicted octanol–water partition coefficient (Wildman–Crippen LogP) is 2.39. The summed E-state index contributed by atoms with van der Waals surface area (Å²) in [6, 6.07) is -0.628. The number of carbonyl (C=O) groups excluding carboxylic acids is 2. The number of ether oxygens (including phenoxy) is 2. The van der Waals surface area contributed by atoms with Crippen molar-refractivity contribution in [3.8, 4) is 0 Å². The summed E-state index contributed by atoms with van der Waals surface area (Å²) in [6.07, 6.45) is 7.24. The van der Waals surface area contributed by atoms with Crippen LogP contribution < -0.4 is 5.32 Å². The molecule has 1 saturated heterocycles. The molecule has 5 heteroatoms. The summed E-state index contributed by atoms with van der Waals surface area (Å²) in [5.74, 6) is -0.103. The van der Waals surface area contributed by atoms with E-state index in [1.54, 1.807) is 6.92 Å². The zero-order valence-electron chi connectivity index (χ0n) is 11.5. The van der Waals surface area contributed by atoms with Gasteiger partial charge in [-0.25, -0.2) is 9.59 Å². The van der Waals surface area contributed by atoms with Crippen LogP contribution in [-0.4, -0.2) is 30.8 Å². The molecule has 1 N–H and O–H groups in total. The molecule has 108 valence electrons. The van der Waals surface area contributed by atoms with Crippen molar-refractivity contribution in [2.24, 2.45) is 5.92 Å². The Morgan fingerprint density at radius 1 is 1.26 bits per heavy atom. The second-order valence-electron chi connectivity index (χ2n) is 5.35. The van der Waals surface area contributed by atoms with Crippen molar-refractivity contribution < 1.29 is 19.1 Å². The van der Waals surface area contributed by atoms with Gasteiger partial charge in [0, 0.05) is 0 Å². The van der Waals surface area contributed by atoms with Gasteiger partial charge in [0.05, 0.1) is 6.61 Å². The van der Waals surface area contributed by atoms with E-state index in [0.717, 1.165) is 25.7 Å². The molecular weight excluding hydrogens is 246 g/mol. The Labute approximate surface area is 114 Å². The van der Waals surface area contributed by atoms with E-state index < -0.39 is 12.1 Å². The van der Waals surface area contributed by atoms with Crippen LogP contribution in [0.5, 0.6) is 0 Å². The van der Waals surface area contributed by atoms with E-state index >= 15 is 0 Å². The number of cyclic esters (lactones) is 1. The van der Waals surface area contributed by atoms with Crippen molar-refractivity contribution in [1.82, 2.24) is 5.32 Å². The van der Waals surface area contributed by atoms with E-state index in [-0.39, 0.29) is 18.0 Å². The van der Waals surface area contributed by atoms with Gasteiger partial charge in [0.15, 0.2) is 6.04 Å². The highest BCUT2D eigenvalue weighted by molar-refractivity contribution is 5.85. The van der Waals surface area contributed by atoms with Crippen molar-refractivity contribution in [3.05, 3.63) is 0 Å². The molecule has 1 heterocycles. The summed E-state index contributed by atoms with van der Waals surface area (Å²) < 4.78 is 10.3. The minimum Gasteiger partial charge on any atom is -0.464 e. The van der Waals surface area contributed by atoms with Crippen molar-refractivity contribution in [2.75, 3.05) is 6.61 Å². The molecule has 1 saturated carbocycles. The average Bonchev–Trinajstić information content (AvgIpc) is 2.71. The summed E-state index contributed by atoms with van der Waals surface area (Å²) in [4.78, 5) is 23.3. The fourth-order valence-electron chi connectivity index (χ4n) is 3.04. The second kappa shape index (κ2) is 6.78. The predicted molar refractivity (Wildman–Crippen MR) is 69.6 cm³/mol. The summed E-state index contributed by atoms with van der Waals surface area (Å²) in [7, 11) is 0. The second-order valence-corrected chi connectivity index (χ2v) is 5.35. The number of carbonyl (C=O) groups is 2. The molecule has 2 fully saturated rings. The molecule has 2 aliphatic rings. The molecule has 1 aliphatic carbocycles. The molecule has 0 aromatic carbocycles. The monoisotopic (exact) mass is 269 g/mol. The quantitative estimate of drug-likeness (QED) is 0.799. The van der Waals surface area contributed by atoms with Crippen LogP contribution in [-0.2, 0) is 14.3 Å². The first-order valence-corrected chi connectivity index (χ1v) is 7.36.